The molecule has 0 aromatic heterocycles. The molecule has 0 radical (unpaired) electrons. The second-order valence-electron chi connectivity index (χ2n) is 6.36. The summed E-state index contributed by atoms with van der Waals surface area (Å²) in [5.41, 5.74) is 1.50. The Balaban J connectivity index is 1.76. The van der Waals surface area contributed by atoms with Crippen LogP contribution in [-0.4, -0.2) is 34.5 Å². The van der Waals surface area contributed by atoms with Gasteiger partial charge in [0.1, 0.15) is 0 Å². The third-order valence-corrected chi connectivity index (χ3v) is 6.24. The van der Waals surface area contributed by atoms with Gasteiger partial charge in [-0.05, 0) is 54.6 Å². The number of methoxy groups -OCH3 is 1. The van der Waals surface area contributed by atoms with E-state index in [9.17, 15) is 18.0 Å². The molecule has 30 heavy (non-hydrogen) atoms. The Kier molecular flexibility index (Phi) is 6.17. The summed E-state index contributed by atoms with van der Waals surface area (Å²) >= 11 is 0. The number of ether oxygens (including phenoxy) is 1. The van der Waals surface area contributed by atoms with Crippen molar-refractivity contribution in [1.82, 2.24) is 0 Å². The number of esters is 1. The predicted molar refractivity (Wildman–Crippen MR) is 114 cm³/mol. The quantitative estimate of drug-likeness (QED) is 0.611. The largest absolute Gasteiger partial charge is 0.465 e. The Bertz CT molecular complexity index is 1160. The van der Waals surface area contributed by atoms with E-state index in [0.717, 1.165) is 0 Å². The van der Waals surface area contributed by atoms with Crippen molar-refractivity contribution in [3.63, 3.8) is 0 Å². The van der Waals surface area contributed by atoms with E-state index in [1.165, 1.54) is 48.8 Å². The molecule has 0 aliphatic carbocycles. The van der Waals surface area contributed by atoms with Crippen LogP contribution >= 0.6 is 0 Å². The van der Waals surface area contributed by atoms with E-state index in [4.69, 9.17) is 0 Å². The highest BCUT2D eigenvalue weighted by Gasteiger charge is 2.21. The van der Waals surface area contributed by atoms with Crippen LogP contribution < -0.4 is 9.62 Å². The number of sulfonamides is 1. The molecule has 0 saturated carbocycles. The third-order valence-electron chi connectivity index (χ3n) is 4.44. The summed E-state index contributed by atoms with van der Waals surface area (Å²) in [5, 5.41) is 2.68. The van der Waals surface area contributed by atoms with Gasteiger partial charge in [0.2, 0.25) is 0 Å². The van der Waals surface area contributed by atoms with Crippen molar-refractivity contribution in [2.75, 3.05) is 23.8 Å². The van der Waals surface area contributed by atoms with Crippen molar-refractivity contribution in [1.29, 1.82) is 0 Å². The molecule has 0 heterocycles. The zero-order valence-electron chi connectivity index (χ0n) is 16.4. The highest BCUT2D eigenvalue weighted by Crippen LogP contribution is 2.23. The maximum absolute atomic E-state index is 12.8. The molecule has 0 aliphatic rings. The topological polar surface area (TPSA) is 92.8 Å². The molecule has 3 aromatic rings. The van der Waals surface area contributed by atoms with Crippen molar-refractivity contribution in [3.8, 4) is 0 Å². The number of anilines is 2. The van der Waals surface area contributed by atoms with E-state index >= 15 is 0 Å². The summed E-state index contributed by atoms with van der Waals surface area (Å²) in [7, 11) is -0.994. The van der Waals surface area contributed by atoms with Gasteiger partial charge < -0.3 is 10.1 Å². The van der Waals surface area contributed by atoms with Crippen molar-refractivity contribution in [2.24, 2.45) is 0 Å². The van der Waals surface area contributed by atoms with Gasteiger partial charge in [0, 0.05) is 18.3 Å². The van der Waals surface area contributed by atoms with E-state index in [2.05, 4.69) is 10.1 Å². The highest BCUT2D eigenvalue weighted by molar-refractivity contribution is 7.92. The van der Waals surface area contributed by atoms with Gasteiger partial charge in [-0.2, -0.15) is 0 Å². The van der Waals surface area contributed by atoms with Gasteiger partial charge in [-0.25, -0.2) is 13.2 Å². The molecule has 0 aliphatic heterocycles. The van der Waals surface area contributed by atoms with E-state index in [0.29, 0.717) is 11.4 Å². The standard InChI is InChI=1S/C22H20N2O5S/c1-24(19-9-4-3-5-10-19)30(27,28)20-13-11-18(12-14-20)23-21(25)16-7-6-8-17(15-16)22(26)29-2/h3-15H,1-2H3,(H,23,25). The smallest absolute Gasteiger partial charge is 0.337 e. The van der Waals surface area contributed by atoms with Crippen LogP contribution in [0.2, 0.25) is 0 Å². The summed E-state index contributed by atoms with van der Waals surface area (Å²) in [6.07, 6.45) is 0. The second-order valence-corrected chi connectivity index (χ2v) is 8.33. The Morgan fingerprint density at radius 3 is 2.13 bits per heavy atom. The number of nitrogens with zero attached hydrogens (tertiary/aromatic N) is 1. The molecule has 0 atom stereocenters. The molecule has 8 heteroatoms. The van der Waals surface area contributed by atoms with E-state index < -0.39 is 21.9 Å². The van der Waals surface area contributed by atoms with Crippen molar-refractivity contribution >= 4 is 33.3 Å². The first-order valence-electron chi connectivity index (χ1n) is 8.96. The molecule has 0 saturated heterocycles. The lowest BCUT2D eigenvalue weighted by atomic mass is 10.1. The van der Waals surface area contributed by atoms with Gasteiger partial charge in [0.05, 0.1) is 23.3 Å². The Morgan fingerprint density at radius 2 is 1.50 bits per heavy atom. The molecule has 0 bridgehead atoms. The van der Waals surface area contributed by atoms with Gasteiger partial charge in [-0.15, -0.1) is 0 Å². The number of nitrogens with one attached hydrogen (secondary N) is 1. The minimum atomic E-state index is -3.74. The Hall–Kier alpha value is -3.65. The minimum Gasteiger partial charge on any atom is -0.465 e. The summed E-state index contributed by atoms with van der Waals surface area (Å²) < 4.78 is 31.5. The summed E-state index contributed by atoms with van der Waals surface area (Å²) in [6.45, 7) is 0. The second kappa shape index (κ2) is 8.79. The van der Waals surface area contributed by atoms with Crippen LogP contribution in [0.4, 0.5) is 11.4 Å². The maximum Gasteiger partial charge on any atom is 0.337 e. The molecule has 3 rings (SSSR count). The lowest BCUT2D eigenvalue weighted by Crippen LogP contribution is -2.26. The van der Waals surface area contributed by atoms with Crippen molar-refractivity contribution < 1.29 is 22.7 Å². The van der Waals surface area contributed by atoms with Crippen molar-refractivity contribution in [3.05, 3.63) is 90.0 Å². The van der Waals surface area contributed by atoms with Crippen LogP contribution in [0.25, 0.3) is 0 Å². The number of rotatable bonds is 6. The fraction of sp³-hybridized carbons (Fsp3) is 0.0909. The lowest BCUT2D eigenvalue weighted by Gasteiger charge is -2.19. The SMILES string of the molecule is COC(=O)c1cccc(C(=O)Nc2ccc(S(=O)(=O)N(C)c3ccccc3)cc2)c1. The Morgan fingerprint density at radius 1 is 0.867 bits per heavy atom. The van der Waals surface area contributed by atoms with Gasteiger partial charge in [-0.3, -0.25) is 9.10 Å². The maximum atomic E-state index is 12.8. The molecule has 154 valence electrons. The van der Waals surface area contributed by atoms with Crippen LogP contribution in [0.1, 0.15) is 20.7 Å². The van der Waals surface area contributed by atoms with Gasteiger partial charge in [0.25, 0.3) is 15.9 Å². The van der Waals surface area contributed by atoms with Crippen LogP contribution in [0.5, 0.6) is 0 Å². The average Bonchev–Trinajstić information content (AvgIpc) is 2.79. The first-order chi connectivity index (χ1) is 14.3. The average molecular weight is 424 g/mol. The fourth-order valence-electron chi connectivity index (χ4n) is 2.75. The molecule has 3 aromatic carbocycles. The van der Waals surface area contributed by atoms with Crippen LogP contribution in [-0.2, 0) is 14.8 Å². The van der Waals surface area contributed by atoms with E-state index in [1.807, 2.05) is 6.07 Å². The molecule has 0 unspecified atom stereocenters. The first kappa shape index (κ1) is 21.1. The van der Waals surface area contributed by atoms with Crippen molar-refractivity contribution in [2.45, 2.75) is 4.90 Å². The molecule has 1 N–H and O–H groups in total. The number of carbonyl (C=O) groups excluding carboxylic acids is 2. The number of benzene rings is 3. The van der Waals surface area contributed by atoms with E-state index in [1.54, 1.807) is 42.5 Å². The molecular formula is C22H20N2O5S. The fourth-order valence-corrected chi connectivity index (χ4v) is 3.95. The lowest BCUT2D eigenvalue weighted by molar-refractivity contribution is 0.0600. The normalized spacial score (nSPS) is 10.9. The van der Waals surface area contributed by atoms with Crippen LogP contribution in [0, 0.1) is 0 Å². The summed E-state index contributed by atoms with van der Waals surface area (Å²) in [4.78, 5) is 24.2. The third kappa shape index (κ3) is 4.49. The number of para-hydroxylation sites is 1. The molecular weight excluding hydrogens is 404 g/mol. The van der Waals surface area contributed by atoms with E-state index in [-0.39, 0.29) is 16.0 Å². The zero-order chi connectivity index (χ0) is 21.7. The monoisotopic (exact) mass is 424 g/mol. The number of amides is 1. The molecule has 0 spiro atoms. The Labute approximate surface area is 175 Å². The number of hydrogen-bond donors (Lipinski definition) is 1. The predicted octanol–water partition coefficient (Wildman–Crippen LogP) is 3.55. The number of hydrogen-bond acceptors (Lipinski definition) is 5. The zero-order valence-corrected chi connectivity index (χ0v) is 17.2. The molecule has 1 amide bonds. The van der Waals surface area contributed by atoms with Crippen LogP contribution in [0.3, 0.4) is 0 Å². The van der Waals surface area contributed by atoms with Gasteiger partial charge in [0.15, 0.2) is 0 Å². The molecule has 7 nitrogen and oxygen atoms in total. The molecule has 0 fully saturated rings. The minimum absolute atomic E-state index is 0.0968. The summed E-state index contributed by atoms with van der Waals surface area (Å²) in [5.74, 6) is -0.973. The van der Waals surface area contributed by atoms with Gasteiger partial charge >= 0.3 is 5.97 Å². The highest BCUT2D eigenvalue weighted by atomic mass is 32.2. The first-order valence-corrected chi connectivity index (χ1v) is 10.4. The summed E-state index contributed by atoms with van der Waals surface area (Å²) in [6, 6.07) is 20.7. The van der Waals surface area contributed by atoms with Crippen LogP contribution in [0.15, 0.2) is 83.8 Å². The number of carbonyl (C=O) groups is 2. The van der Waals surface area contributed by atoms with Gasteiger partial charge in [-0.1, -0.05) is 24.3 Å².